The van der Waals surface area contributed by atoms with Crippen molar-refractivity contribution in [1.82, 2.24) is 34.0 Å². The minimum Gasteiger partial charge on any atom is -0.504 e. The van der Waals surface area contributed by atoms with E-state index in [9.17, 15) is 32.7 Å². The summed E-state index contributed by atoms with van der Waals surface area (Å²) in [6, 6.07) is 2.54. The molecule has 1 saturated heterocycles. The minimum atomic E-state index is -4.60. The van der Waals surface area contributed by atoms with Gasteiger partial charge in [0.1, 0.15) is 12.9 Å². The molecule has 9 rings (SSSR count). The highest BCUT2D eigenvalue weighted by atomic mass is 35.5. The van der Waals surface area contributed by atoms with Gasteiger partial charge >= 0.3 is 6.18 Å². The number of alkyl halides is 3. The third-order valence-electron chi connectivity index (χ3n) is 11.7. The first-order chi connectivity index (χ1) is 24.9. The van der Waals surface area contributed by atoms with E-state index < -0.39 is 23.1 Å². The highest BCUT2D eigenvalue weighted by molar-refractivity contribution is 6.33. The van der Waals surface area contributed by atoms with Crippen LogP contribution in [0.1, 0.15) is 76.8 Å². The Balaban J connectivity index is 1.12. The molecule has 1 spiro atoms. The van der Waals surface area contributed by atoms with Crippen molar-refractivity contribution in [2.45, 2.75) is 69.1 Å². The highest BCUT2D eigenvalue weighted by Gasteiger charge is 2.70. The number of halogens is 4. The fraction of sp³-hybridized carbons (Fsp3) is 0.457. The van der Waals surface area contributed by atoms with E-state index >= 15 is 0 Å². The van der Waals surface area contributed by atoms with E-state index in [0.717, 1.165) is 43.0 Å². The van der Waals surface area contributed by atoms with Crippen molar-refractivity contribution < 1.29 is 32.6 Å². The maximum Gasteiger partial charge on any atom is 0.416 e. The lowest BCUT2D eigenvalue weighted by atomic mass is 9.54. The van der Waals surface area contributed by atoms with Crippen molar-refractivity contribution >= 4 is 40.5 Å². The van der Waals surface area contributed by atoms with Gasteiger partial charge < -0.3 is 24.6 Å². The van der Waals surface area contributed by atoms with Gasteiger partial charge in [-0.1, -0.05) is 17.7 Å². The van der Waals surface area contributed by atoms with Crippen molar-refractivity contribution in [3.63, 3.8) is 0 Å². The predicted molar refractivity (Wildman–Crippen MR) is 179 cm³/mol. The molecule has 2 aliphatic heterocycles. The van der Waals surface area contributed by atoms with E-state index in [1.54, 1.807) is 16.4 Å². The second-order valence-electron chi connectivity index (χ2n) is 14.2. The highest BCUT2D eigenvalue weighted by Crippen LogP contribution is 2.72. The number of aromatic nitrogens is 6. The Morgan fingerprint density at radius 3 is 2.73 bits per heavy atom. The molecule has 13 nitrogen and oxygen atoms in total. The number of amides is 2. The first kappa shape index (κ1) is 33.0. The van der Waals surface area contributed by atoms with Crippen LogP contribution in [0.5, 0.6) is 5.75 Å². The zero-order valence-corrected chi connectivity index (χ0v) is 28.5. The Bertz CT molecular complexity index is 2310. The molecule has 52 heavy (non-hydrogen) atoms. The number of nitrogens with one attached hydrogen (secondary N) is 1. The first-order valence-corrected chi connectivity index (χ1v) is 17.6. The minimum absolute atomic E-state index is 0.0166. The smallest absolute Gasteiger partial charge is 0.416 e. The first-order valence-electron chi connectivity index (χ1n) is 17.2. The number of piperidine rings is 1. The fourth-order valence-electron chi connectivity index (χ4n) is 9.19. The Kier molecular flexibility index (Phi) is 7.36. The largest absolute Gasteiger partial charge is 0.504 e. The van der Waals surface area contributed by atoms with Gasteiger partial charge in [0.15, 0.2) is 17.3 Å². The van der Waals surface area contributed by atoms with Crippen LogP contribution >= 0.6 is 11.6 Å². The number of likely N-dealkylation sites (tertiary alicyclic amines) is 1. The molecule has 3 aliphatic carbocycles. The quantitative estimate of drug-likeness (QED) is 0.302. The topological polar surface area (TPSA) is 157 Å². The summed E-state index contributed by atoms with van der Waals surface area (Å²) >= 11 is 6.18. The summed E-state index contributed by atoms with van der Waals surface area (Å²) in [6.45, 7) is 2.49. The molecule has 3 fully saturated rings. The maximum atomic E-state index is 14.7. The van der Waals surface area contributed by atoms with Crippen LogP contribution < -0.4 is 10.9 Å². The van der Waals surface area contributed by atoms with E-state index in [4.69, 9.17) is 21.3 Å². The van der Waals surface area contributed by atoms with Gasteiger partial charge in [-0.25, -0.2) is 9.97 Å². The number of ether oxygens (including phenoxy) is 1. The molecule has 0 bridgehead atoms. The molecule has 2 unspecified atom stereocenters. The SMILES string of the molecule is Cc1ncnc(C(=O)N2CC[C@@]3(c4c(n(CC(=O)Nc5ccc(C(F)(F)F)cc5Cl)c5nc(C6=CCOCC6)nn5c4=O)C4CC43)[C@H]3CC[C@H]32)c1O. The van der Waals surface area contributed by atoms with Crippen molar-refractivity contribution in [3.8, 4) is 5.75 Å². The summed E-state index contributed by atoms with van der Waals surface area (Å²) in [4.78, 5) is 56.8. The number of fused-ring (bicyclic) bond motifs is 8. The van der Waals surface area contributed by atoms with Crippen molar-refractivity contribution in [3.05, 3.63) is 80.0 Å². The van der Waals surface area contributed by atoms with E-state index in [2.05, 4.69) is 20.4 Å². The summed E-state index contributed by atoms with van der Waals surface area (Å²) < 4.78 is 48.3. The van der Waals surface area contributed by atoms with Gasteiger partial charge in [-0.2, -0.15) is 22.7 Å². The average molecular weight is 737 g/mol. The van der Waals surface area contributed by atoms with Crippen molar-refractivity contribution in [2.24, 2.45) is 11.8 Å². The number of hydrogen-bond acceptors (Lipinski definition) is 9. The number of hydrogen-bond donors (Lipinski definition) is 2. The Hall–Kier alpha value is -4.83. The molecule has 5 aliphatic rings. The number of aryl methyl sites for hydroxylation is 1. The molecular formula is C35H32ClF3N8O5. The molecule has 4 aromatic rings. The predicted octanol–water partition coefficient (Wildman–Crippen LogP) is 4.49. The number of aromatic hydroxyl groups is 1. The van der Waals surface area contributed by atoms with Crippen LogP contribution in [0.3, 0.4) is 0 Å². The molecule has 0 radical (unpaired) electrons. The van der Waals surface area contributed by atoms with Crippen LogP contribution in [0.15, 0.2) is 35.4 Å². The number of rotatable bonds is 5. The van der Waals surface area contributed by atoms with E-state index in [1.807, 2.05) is 6.08 Å². The second kappa shape index (κ2) is 11.6. The third kappa shape index (κ3) is 4.82. The number of carbonyl (C=O) groups excluding carboxylic acids is 2. The van der Waals surface area contributed by atoms with Crippen LogP contribution in [-0.2, 0) is 27.7 Å². The molecular weight excluding hydrogens is 705 g/mol. The van der Waals surface area contributed by atoms with E-state index in [-0.39, 0.29) is 69.7 Å². The molecule has 5 heterocycles. The lowest BCUT2D eigenvalue weighted by molar-refractivity contribution is -0.137. The normalized spacial score (nSPS) is 26.0. The average Bonchev–Trinajstić information content (AvgIpc) is 3.68. The van der Waals surface area contributed by atoms with Gasteiger partial charge in [0.2, 0.25) is 11.7 Å². The monoisotopic (exact) mass is 736 g/mol. The van der Waals surface area contributed by atoms with Crippen LogP contribution in [0.2, 0.25) is 5.02 Å². The maximum absolute atomic E-state index is 14.7. The van der Waals surface area contributed by atoms with Gasteiger partial charge in [-0.15, -0.1) is 5.10 Å². The van der Waals surface area contributed by atoms with Crippen LogP contribution in [0.4, 0.5) is 18.9 Å². The van der Waals surface area contributed by atoms with Gasteiger partial charge in [-0.05, 0) is 74.6 Å². The van der Waals surface area contributed by atoms with Gasteiger partial charge in [0, 0.05) is 35.2 Å². The standard InChI is InChI=1S/C35H32ClF3N8O5/c1-16-29(49)27(41-15-40-16)32(51)45-9-8-34(20-3-5-24(20)45)21-13-19(21)28-26(34)31(50)47-33(43-30(44-47)17-6-10-52-11-7-17)46(28)14-25(48)42-23-4-2-18(12-22(23)36)35(37,38)39/h2,4,6,12,15,19-21,24,49H,3,5,7-11,13-14H2,1H3,(H,42,48)/t19?,20-,21?,24+,34+/m0/s1. The molecule has 2 saturated carbocycles. The Labute approximate surface area is 298 Å². The summed E-state index contributed by atoms with van der Waals surface area (Å²) in [6.07, 6.45) is 1.86. The number of carbonyl (C=O) groups is 2. The van der Waals surface area contributed by atoms with Crippen LogP contribution in [-0.4, -0.2) is 76.8 Å². The molecule has 17 heteroatoms. The molecule has 270 valence electrons. The molecule has 1 aromatic carbocycles. The van der Waals surface area contributed by atoms with E-state index in [1.165, 1.54) is 10.8 Å². The van der Waals surface area contributed by atoms with Gasteiger partial charge in [0.25, 0.3) is 11.5 Å². The number of benzene rings is 1. The summed E-state index contributed by atoms with van der Waals surface area (Å²) in [5, 5.41) is 17.7. The zero-order valence-electron chi connectivity index (χ0n) is 27.8. The third-order valence-corrected chi connectivity index (χ3v) is 12.0. The van der Waals surface area contributed by atoms with Crippen molar-refractivity contribution in [2.75, 3.05) is 25.1 Å². The lowest BCUT2D eigenvalue weighted by Gasteiger charge is -2.58. The Morgan fingerprint density at radius 1 is 1.19 bits per heavy atom. The molecule has 3 aromatic heterocycles. The fourth-order valence-corrected chi connectivity index (χ4v) is 9.42. The van der Waals surface area contributed by atoms with E-state index in [0.29, 0.717) is 55.4 Å². The van der Waals surface area contributed by atoms with Crippen molar-refractivity contribution in [1.29, 1.82) is 0 Å². The summed E-state index contributed by atoms with van der Waals surface area (Å²) in [7, 11) is 0. The lowest BCUT2D eigenvalue weighted by Crippen LogP contribution is -2.64. The van der Waals surface area contributed by atoms with Gasteiger partial charge in [-0.3, -0.25) is 14.4 Å². The molecule has 2 N–H and O–H groups in total. The zero-order chi connectivity index (χ0) is 36.3. The number of nitrogens with zero attached hydrogens (tertiary/aromatic N) is 7. The summed E-state index contributed by atoms with van der Waals surface area (Å²) in [5.74, 6) is -0.624. The molecule has 5 atom stereocenters. The van der Waals surface area contributed by atoms with Crippen LogP contribution in [0, 0.1) is 18.8 Å². The van der Waals surface area contributed by atoms with Gasteiger partial charge in [0.05, 0.1) is 35.2 Å². The Morgan fingerprint density at radius 2 is 2.02 bits per heavy atom. The second-order valence-corrected chi connectivity index (χ2v) is 14.6. The number of anilines is 1. The molecule has 2 amide bonds. The van der Waals surface area contributed by atoms with Crippen LogP contribution in [0.25, 0.3) is 11.4 Å². The summed E-state index contributed by atoms with van der Waals surface area (Å²) in [5.41, 5.74) is 0.565.